The third-order valence-electron chi connectivity index (χ3n) is 3.08. The Bertz CT molecular complexity index is 562. The number of aryl methyl sites for hydroxylation is 2. The van der Waals surface area contributed by atoms with Crippen molar-refractivity contribution in [2.24, 2.45) is 0 Å². The van der Waals surface area contributed by atoms with Crippen LogP contribution in [-0.4, -0.2) is 42.0 Å². The number of amides is 1. The highest BCUT2D eigenvalue weighted by Gasteiger charge is 2.18. The van der Waals surface area contributed by atoms with Crippen LogP contribution >= 0.6 is 11.3 Å². The molecule has 0 bridgehead atoms. The summed E-state index contributed by atoms with van der Waals surface area (Å²) in [6.45, 7) is 9.52. The summed E-state index contributed by atoms with van der Waals surface area (Å²) in [6, 6.07) is 1.81. The Balaban J connectivity index is 2.43. The lowest BCUT2D eigenvalue weighted by molar-refractivity contribution is 0.0487. The van der Waals surface area contributed by atoms with Gasteiger partial charge in [-0.25, -0.2) is 9.59 Å². The Hall–Kier alpha value is -1.60. The number of ether oxygens (including phenoxy) is 2. The van der Waals surface area contributed by atoms with E-state index in [1.807, 2.05) is 13.0 Å². The van der Waals surface area contributed by atoms with Crippen LogP contribution in [0.3, 0.4) is 0 Å². The number of aliphatic hydroxyl groups excluding tert-OH is 1. The quantitative estimate of drug-likeness (QED) is 0.733. The lowest BCUT2D eigenvalue weighted by atomic mass is 10.1. The molecule has 0 aliphatic carbocycles. The molecule has 1 unspecified atom stereocenters. The first-order valence-electron chi connectivity index (χ1n) is 8.03. The normalized spacial score (nSPS) is 12.6. The van der Waals surface area contributed by atoms with Gasteiger partial charge in [0.25, 0.3) is 0 Å². The third kappa shape index (κ3) is 7.31. The number of carbonyl (C=O) groups excluding carboxylic acids is 2. The van der Waals surface area contributed by atoms with Crippen LogP contribution in [0.2, 0.25) is 0 Å². The fourth-order valence-corrected chi connectivity index (χ4v) is 3.07. The maximum Gasteiger partial charge on any atom is 0.407 e. The van der Waals surface area contributed by atoms with Gasteiger partial charge in [-0.3, -0.25) is 0 Å². The number of rotatable bonds is 7. The first kappa shape index (κ1) is 20.4. The van der Waals surface area contributed by atoms with Crippen molar-refractivity contribution in [3.8, 4) is 0 Å². The number of carbonyl (C=O) groups is 2. The molecule has 1 rings (SSSR count). The molecule has 24 heavy (non-hydrogen) atoms. The number of esters is 1. The lowest BCUT2D eigenvalue weighted by Gasteiger charge is -2.20. The molecule has 0 aromatic carbocycles. The summed E-state index contributed by atoms with van der Waals surface area (Å²) < 4.78 is 10.1. The predicted molar refractivity (Wildman–Crippen MR) is 93.6 cm³/mol. The van der Waals surface area contributed by atoms with Gasteiger partial charge in [-0.1, -0.05) is 0 Å². The minimum Gasteiger partial charge on any atom is -0.462 e. The van der Waals surface area contributed by atoms with Crippen LogP contribution in [0.1, 0.15) is 54.2 Å². The van der Waals surface area contributed by atoms with Crippen LogP contribution in [0.25, 0.3) is 0 Å². The minimum atomic E-state index is -0.676. The van der Waals surface area contributed by atoms with Gasteiger partial charge >= 0.3 is 12.1 Å². The monoisotopic (exact) mass is 357 g/mol. The molecule has 0 fully saturated rings. The van der Waals surface area contributed by atoms with E-state index in [0.29, 0.717) is 24.3 Å². The zero-order chi connectivity index (χ0) is 18.3. The summed E-state index contributed by atoms with van der Waals surface area (Å²) >= 11 is 1.38. The molecule has 7 heteroatoms. The lowest BCUT2D eigenvalue weighted by Crippen LogP contribution is -2.37. The standard InChI is InChI=1S/C17H27NO5S/c1-6-22-15(20)14-9-11(2)13(24-14)8-7-12(19)10-18-16(21)23-17(3,4)5/h9,12,19H,6-8,10H2,1-5H3,(H,18,21). The van der Waals surface area contributed by atoms with Gasteiger partial charge in [0.2, 0.25) is 0 Å². The molecule has 136 valence electrons. The molecular weight excluding hydrogens is 330 g/mol. The molecule has 0 radical (unpaired) electrons. The van der Waals surface area contributed by atoms with E-state index >= 15 is 0 Å². The molecular formula is C17H27NO5S. The second-order valence-corrected chi connectivity index (χ2v) is 7.65. The van der Waals surface area contributed by atoms with E-state index in [4.69, 9.17) is 9.47 Å². The number of aliphatic hydroxyl groups is 1. The molecule has 0 spiro atoms. The number of alkyl carbamates (subject to hydrolysis) is 1. The van der Waals surface area contributed by atoms with Crippen molar-refractivity contribution in [1.82, 2.24) is 5.32 Å². The molecule has 2 N–H and O–H groups in total. The molecule has 6 nitrogen and oxygen atoms in total. The van der Waals surface area contributed by atoms with E-state index in [1.165, 1.54) is 11.3 Å². The van der Waals surface area contributed by atoms with Crippen LogP contribution < -0.4 is 5.32 Å². The molecule has 0 saturated heterocycles. The highest BCUT2D eigenvalue weighted by atomic mass is 32.1. The van der Waals surface area contributed by atoms with E-state index < -0.39 is 17.8 Å². The summed E-state index contributed by atoms with van der Waals surface area (Å²) in [6.07, 6.45) is -0.101. The van der Waals surface area contributed by atoms with Crippen molar-refractivity contribution < 1.29 is 24.2 Å². The number of hydrogen-bond donors (Lipinski definition) is 2. The zero-order valence-corrected chi connectivity index (χ0v) is 15.8. The molecule has 1 amide bonds. The Morgan fingerprint density at radius 3 is 2.62 bits per heavy atom. The SMILES string of the molecule is CCOC(=O)c1cc(C)c(CCC(O)CNC(=O)OC(C)(C)C)s1. The second kappa shape index (κ2) is 9.03. The topological polar surface area (TPSA) is 84.9 Å². The Morgan fingerprint density at radius 2 is 2.04 bits per heavy atom. The molecule has 1 aromatic heterocycles. The Labute approximate surface area is 147 Å². The maximum atomic E-state index is 11.7. The van der Waals surface area contributed by atoms with Crippen LogP contribution in [0.5, 0.6) is 0 Å². The molecule has 0 saturated carbocycles. The van der Waals surface area contributed by atoms with Crippen LogP contribution in [-0.2, 0) is 15.9 Å². The van der Waals surface area contributed by atoms with Gasteiger partial charge in [-0.2, -0.15) is 0 Å². The van der Waals surface area contributed by atoms with Crippen molar-refractivity contribution in [2.45, 2.75) is 59.2 Å². The average molecular weight is 357 g/mol. The Morgan fingerprint density at radius 1 is 1.38 bits per heavy atom. The van der Waals surface area contributed by atoms with Gasteiger partial charge in [0.1, 0.15) is 10.5 Å². The van der Waals surface area contributed by atoms with Crippen molar-refractivity contribution >= 4 is 23.4 Å². The van der Waals surface area contributed by atoms with E-state index in [0.717, 1.165) is 10.4 Å². The number of thiophene rings is 1. The number of hydrogen-bond acceptors (Lipinski definition) is 6. The van der Waals surface area contributed by atoms with E-state index in [1.54, 1.807) is 27.7 Å². The largest absolute Gasteiger partial charge is 0.462 e. The summed E-state index contributed by atoms with van der Waals surface area (Å²) in [5.74, 6) is -0.316. The highest BCUT2D eigenvalue weighted by molar-refractivity contribution is 7.14. The van der Waals surface area contributed by atoms with Gasteiger partial charge in [0, 0.05) is 11.4 Å². The fraction of sp³-hybridized carbons (Fsp3) is 0.647. The van der Waals surface area contributed by atoms with Crippen molar-refractivity contribution in [3.05, 3.63) is 21.4 Å². The first-order valence-corrected chi connectivity index (χ1v) is 8.85. The second-order valence-electron chi connectivity index (χ2n) is 6.51. The zero-order valence-electron chi connectivity index (χ0n) is 15.0. The highest BCUT2D eigenvalue weighted by Crippen LogP contribution is 2.24. The van der Waals surface area contributed by atoms with Gasteiger partial charge in [-0.15, -0.1) is 11.3 Å². The maximum absolute atomic E-state index is 11.7. The van der Waals surface area contributed by atoms with Crippen LogP contribution in [0.15, 0.2) is 6.07 Å². The van der Waals surface area contributed by atoms with Gasteiger partial charge < -0.3 is 19.9 Å². The summed E-state index contributed by atoms with van der Waals surface area (Å²) in [4.78, 5) is 24.9. The van der Waals surface area contributed by atoms with E-state index in [-0.39, 0.29) is 12.5 Å². The van der Waals surface area contributed by atoms with Crippen molar-refractivity contribution in [3.63, 3.8) is 0 Å². The van der Waals surface area contributed by atoms with Gasteiger partial charge in [0.15, 0.2) is 0 Å². The van der Waals surface area contributed by atoms with E-state index in [2.05, 4.69) is 5.32 Å². The molecule has 0 aliphatic rings. The van der Waals surface area contributed by atoms with Crippen molar-refractivity contribution in [1.29, 1.82) is 0 Å². The smallest absolute Gasteiger partial charge is 0.407 e. The molecule has 1 aromatic rings. The third-order valence-corrected chi connectivity index (χ3v) is 4.36. The minimum absolute atomic E-state index is 0.129. The average Bonchev–Trinajstić information content (AvgIpc) is 2.83. The first-order chi connectivity index (χ1) is 11.1. The summed E-state index contributed by atoms with van der Waals surface area (Å²) in [5.41, 5.74) is 0.447. The van der Waals surface area contributed by atoms with Crippen molar-refractivity contribution in [2.75, 3.05) is 13.2 Å². The predicted octanol–water partition coefficient (Wildman–Crippen LogP) is 3.05. The van der Waals surface area contributed by atoms with Gasteiger partial charge in [0.05, 0.1) is 12.7 Å². The molecule has 0 aliphatic heterocycles. The number of nitrogens with one attached hydrogen (secondary N) is 1. The summed E-state index contributed by atoms with van der Waals surface area (Å²) in [5, 5.41) is 12.5. The Kier molecular flexibility index (Phi) is 7.69. The van der Waals surface area contributed by atoms with Crippen LogP contribution in [0, 0.1) is 6.92 Å². The fourth-order valence-electron chi connectivity index (χ4n) is 1.99. The molecule has 1 atom stereocenters. The van der Waals surface area contributed by atoms with Gasteiger partial charge in [-0.05, 0) is 59.1 Å². The van der Waals surface area contributed by atoms with Crippen LogP contribution in [0.4, 0.5) is 4.79 Å². The van der Waals surface area contributed by atoms with E-state index in [9.17, 15) is 14.7 Å². The molecule has 1 heterocycles. The summed E-state index contributed by atoms with van der Waals surface area (Å²) in [7, 11) is 0.